The van der Waals surface area contributed by atoms with Gasteiger partial charge in [0.15, 0.2) is 0 Å². The second kappa shape index (κ2) is 4.16. The maximum absolute atomic E-state index is 12.1. The molecule has 0 radical (unpaired) electrons. The van der Waals surface area contributed by atoms with Crippen LogP contribution in [0.2, 0.25) is 0 Å². The fourth-order valence-corrected chi connectivity index (χ4v) is 3.11. The number of likely N-dealkylation sites (tertiary alicyclic amines) is 1. The summed E-state index contributed by atoms with van der Waals surface area (Å²) in [4.78, 5) is 14.0. The van der Waals surface area contributed by atoms with E-state index in [0.717, 1.165) is 38.6 Å². The van der Waals surface area contributed by atoms with Gasteiger partial charge in [-0.2, -0.15) is 0 Å². The molecule has 2 aliphatic rings. The van der Waals surface area contributed by atoms with Crippen LogP contribution in [0.5, 0.6) is 0 Å². The Bertz CT molecular complexity index is 311. The molecule has 2 unspecified atom stereocenters. The molecular formula is C13H24N2O2. The molecule has 0 aromatic rings. The first-order valence-electron chi connectivity index (χ1n) is 6.60. The van der Waals surface area contributed by atoms with Crippen molar-refractivity contribution in [1.29, 1.82) is 0 Å². The normalized spacial score (nSPS) is 33.4. The first-order valence-corrected chi connectivity index (χ1v) is 6.60. The van der Waals surface area contributed by atoms with Gasteiger partial charge in [-0.1, -0.05) is 0 Å². The number of carbonyl (C=O) groups is 1. The average molecular weight is 240 g/mol. The zero-order valence-electron chi connectivity index (χ0n) is 11.2. The zero-order chi connectivity index (χ0) is 12.7. The van der Waals surface area contributed by atoms with Crippen molar-refractivity contribution in [2.45, 2.75) is 70.1 Å². The van der Waals surface area contributed by atoms with E-state index in [1.165, 1.54) is 0 Å². The molecule has 0 aromatic carbocycles. The summed E-state index contributed by atoms with van der Waals surface area (Å²) in [7, 11) is 0. The van der Waals surface area contributed by atoms with E-state index in [-0.39, 0.29) is 17.7 Å². The van der Waals surface area contributed by atoms with Crippen LogP contribution in [-0.4, -0.2) is 34.7 Å². The van der Waals surface area contributed by atoms with Gasteiger partial charge in [-0.3, -0.25) is 0 Å². The van der Waals surface area contributed by atoms with Crippen LogP contribution in [0.15, 0.2) is 0 Å². The van der Waals surface area contributed by atoms with Crippen LogP contribution in [0.3, 0.4) is 0 Å². The standard InChI is InChI=1S/C13H24N2O2/c1-12(2,3)17-11(16)15-9-5-8-13(14)7-4-6-10(13)15/h10H,4-9,14H2,1-3H3. The van der Waals surface area contributed by atoms with Gasteiger partial charge in [0.2, 0.25) is 0 Å². The van der Waals surface area contributed by atoms with Crippen molar-refractivity contribution >= 4 is 6.09 Å². The number of fused-ring (bicyclic) bond motifs is 1. The second-order valence-electron chi connectivity index (χ2n) is 6.42. The molecule has 1 aliphatic carbocycles. The van der Waals surface area contributed by atoms with E-state index in [9.17, 15) is 4.79 Å². The van der Waals surface area contributed by atoms with E-state index in [1.807, 2.05) is 25.7 Å². The molecule has 0 spiro atoms. The summed E-state index contributed by atoms with van der Waals surface area (Å²) in [6.07, 6.45) is 5.02. The molecule has 1 saturated carbocycles. The summed E-state index contributed by atoms with van der Waals surface area (Å²) in [5.74, 6) is 0. The third-order valence-corrected chi connectivity index (χ3v) is 3.83. The van der Waals surface area contributed by atoms with Crippen molar-refractivity contribution in [3.05, 3.63) is 0 Å². The van der Waals surface area contributed by atoms with Crippen LogP contribution in [0.1, 0.15) is 52.9 Å². The Balaban J connectivity index is 2.08. The molecule has 4 heteroatoms. The van der Waals surface area contributed by atoms with Crippen molar-refractivity contribution in [2.75, 3.05) is 6.54 Å². The minimum absolute atomic E-state index is 0.158. The Labute approximate surface area is 103 Å². The van der Waals surface area contributed by atoms with Crippen LogP contribution >= 0.6 is 0 Å². The molecule has 2 atom stereocenters. The molecule has 1 saturated heterocycles. The number of carbonyl (C=O) groups excluding carboxylic acids is 1. The average Bonchev–Trinajstić information content (AvgIpc) is 2.55. The summed E-state index contributed by atoms with van der Waals surface area (Å²) >= 11 is 0. The number of rotatable bonds is 0. The third kappa shape index (κ3) is 2.57. The van der Waals surface area contributed by atoms with E-state index >= 15 is 0 Å². The van der Waals surface area contributed by atoms with Crippen molar-refractivity contribution in [3.8, 4) is 0 Å². The molecular weight excluding hydrogens is 216 g/mol. The van der Waals surface area contributed by atoms with Crippen molar-refractivity contribution in [2.24, 2.45) is 5.73 Å². The lowest BCUT2D eigenvalue weighted by atomic mass is 9.84. The first kappa shape index (κ1) is 12.7. The zero-order valence-corrected chi connectivity index (χ0v) is 11.2. The number of hydrogen-bond acceptors (Lipinski definition) is 3. The second-order valence-corrected chi connectivity index (χ2v) is 6.42. The Morgan fingerprint density at radius 1 is 1.35 bits per heavy atom. The predicted octanol–water partition coefficient (Wildman–Crippen LogP) is 2.27. The molecule has 17 heavy (non-hydrogen) atoms. The van der Waals surface area contributed by atoms with Gasteiger partial charge in [0.05, 0.1) is 6.04 Å². The highest BCUT2D eigenvalue weighted by Gasteiger charge is 2.47. The van der Waals surface area contributed by atoms with Gasteiger partial charge in [-0.15, -0.1) is 0 Å². The van der Waals surface area contributed by atoms with Gasteiger partial charge >= 0.3 is 6.09 Å². The summed E-state index contributed by atoms with van der Waals surface area (Å²) < 4.78 is 5.46. The van der Waals surface area contributed by atoms with Crippen molar-refractivity contribution < 1.29 is 9.53 Å². The Hall–Kier alpha value is -0.770. The highest BCUT2D eigenvalue weighted by molar-refractivity contribution is 5.69. The van der Waals surface area contributed by atoms with Gasteiger partial charge in [-0.05, 0) is 52.9 Å². The largest absolute Gasteiger partial charge is 0.444 e. The summed E-state index contributed by atoms with van der Waals surface area (Å²) in [5, 5.41) is 0. The summed E-state index contributed by atoms with van der Waals surface area (Å²) in [5.41, 5.74) is 5.82. The van der Waals surface area contributed by atoms with Gasteiger partial charge < -0.3 is 15.4 Å². The van der Waals surface area contributed by atoms with E-state index < -0.39 is 5.60 Å². The molecule has 2 rings (SSSR count). The van der Waals surface area contributed by atoms with Gasteiger partial charge in [0.25, 0.3) is 0 Å². The molecule has 4 nitrogen and oxygen atoms in total. The van der Waals surface area contributed by atoms with Gasteiger partial charge in [0, 0.05) is 12.1 Å². The molecule has 0 bridgehead atoms. The Morgan fingerprint density at radius 2 is 2.00 bits per heavy atom. The fraction of sp³-hybridized carbons (Fsp3) is 0.923. The lowest BCUT2D eigenvalue weighted by Gasteiger charge is -2.44. The predicted molar refractivity (Wildman–Crippen MR) is 66.7 cm³/mol. The molecule has 0 aromatic heterocycles. The van der Waals surface area contributed by atoms with E-state index in [0.29, 0.717) is 0 Å². The maximum atomic E-state index is 12.1. The molecule has 1 amide bonds. The summed E-state index contributed by atoms with van der Waals surface area (Å²) in [6, 6.07) is 0.186. The quantitative estimate of drug-likeness (QED) is 0.706. The minimum atomic E-state index is -0.426. The minimum Gasteiger partial charge on any atom is -0.444 e. The number of nitrogens with zero attached hydrogens (tertiary/aromatic N) is 1. The van der Waals surface area contributed by atoms with E-state index in [4.69, 9.17) is 10.5 Å². The van der Waals surface area contributed by atoms with E-state index in [2.05, 4.69) is 0 Å². The van der Waals surface area contributed by atoms with Crippen LogP contribution in [0.25, 0.3) is 0 Å². The number of nitrogens with two attached hydrogens (primary N) is 1. The smallest absolute Gasteiger partial charge is 0.410 e. The van der Waals surface area contributed by atoms with E-state index in [1.54, 1.807) is 0 Å². The van der Waals surface area contributed by atoms with Crippen LogP contribution in [-0.2, 0) is 4.74 Å². The van der Waals surface area contributed by atoms with Gasteiger partial charge in [-0.25, -0.2) is 4.79 Å². The highest BCUT2D eigenvalue weighted by Crippen LogP contribution is 2.39. The molecule has 1 aliphatic heterocycles. The van der Waals surface area contributed by atoms with Crippen molar-refractivity contribution in [1.82, 2.24) is 4.90 Å². The first-order chi connectivity index (χ1) is 7.82. The lowest BCUT2D eigenvalue weighted by molar-refractivity contribution is 0.000375. The topological polar surface area (TPSA) is 55.6 Å². The fourth-order valence-electron chi connectivity index (χ4n) is 3.11. The monoisotopic (exact) mass is 240 g/mol. The van der Waals surface area contributed by atoms with Crippen molar-refractivity contribution in [3.63, 3.8) is 0 Å². The third-order valence-electron chi connectivity index (χ3n) is 3.83. The number of hydrogen-bond donors (Lipinski definition) is 1. The van der Waals surface area contributed by atoms with Gasteiger partial charge in [0.1, 0.15) is 5.60 Å². The van der Waals surface area contributed by atoms with Crippen LogP contribution < -0.4 is 5.73 Å². The number of ether oxygens (including phenoxy) is 1. The molecule has 2 fully saturated rings. The number of piperidine rings is 1. The SMILES string of the molecule is CC(C)(C)OC(=O)N1CCCC2(N)CCCC12. The Kier molecular flexibility index (Phi) is 3.10. The summed E-state index contributed by atoms with van der Waals surface area (Å²) in [6.45, 7) is 6.50. The highest BCUT2D eigenvalue weighted by atomic mass is 16.6. The number of amides is 1. The van der Waals surface area contributed by atoms with Crippen LogP contribution in [0.4, 0.5) is 4.79 Å². The molecule has 1 heterocycles. The molecule has 98 valence electrons. The maximum Gasteiger partial charge on any atom is 0.410 e. The van der Waals surface area contributed by atoms with Crippen LogP contribution in [0, 0.1) is 0 Å². The Morgan fingerprint density at radius 3 is 2.65 bits per heavy atom. The lowest BCUT2D eigenvalue weighted by Crippen LogP contribution is -2.60. The molecule has 2 N–H and O–H groups in total.